The van der Waals surface area contributed by atoms with Crippen molar-refractivity contribution < 1.29 is 13.2 Å². The van der Waals surface area contributed by atoms with Crippen molar-refractivity contribution in [1.29, 1.82) is 0 Å². The zero-order valence-corrected chi connectivity index (χ0v) is 14.8. The van der Waals surface area contributed by atoms with E-state index in [1.165, 1.54) is 6.07 Å². The molecule has 2 aromatic heterocycles. The van der Waals surface area contributed by atoms with Crippen LogP contribution in [0.25, 0.3) is 22.3 Å². The third-order valence-corrected chi connectivity index (χ3v) is 4.50. The lowest BCUT2D eigenvalue weighted by Crippen LogP contribution is -2.09. The summed E-state index contributed by atoms with van der Waals surface area (Å²) in [5.74, 6) is 0. The topological polar surface area (TPSA) is 30.7 Å². The molecule has 0 saturated heterocycles. The van der Waals surface area contributed by atoms with Gasteiger partial charge in [-0.25, -0.2) is 4.98 Å². The molecule has 0 bridgehead atoms. The van der Waals surface area contributed by atoms with Gasteiger partial charge >= 0.3 is 6.18 Å². The molecule has 28 heavy (non-hydrogen) atoms. The largest absolute Gasteiger partial charge is 0.417 e. The molecule has 0 unspecified atom stereocenters. The molecule has 0 N–H and O–H groups in total. The molecule has 0 saturated carbocycles. The van der Waals surface area contributed by atoms with Gasteiger partial charge in [0.2, 0.25) is 0 Å². The number of rotatable bonds is 4. The summed E-state index contributed by atoms with van der Waals surface area (Å²) in [6.45, 7) is 0.417. The van der Waals surface area contributed by atoms with Crippen LogP contribution in [0.5, 0.6) is 0 Å². The quantitative estimate of drug-likeness (QED) is 0.457. The van der Waals surface area contributed by atoms with Crippen molar-refractivity contribution in [3.63, 3.8) is 0 Å². The summed E-state index contributed by atoms with van der Waals surface area (Å²) < 4.78 is 43.3. The number of hydrogen-bond donors (Lipinski definition) is 0. The minimum absolute atomic E-state index is 0.162. The van der Waals surface area contributed by atoms with Crippen LogP contribution in [0.3, 0.4) is 0 Å². The Morgan fingerprint density at radius 1 is 0.821 bits per heavy atom. The number of benzene rings is 2. The predicted molar refractivity (Wildman–Crippen MR) is 101 cm³/mol. The number of nitrogens with zero attached hydrogens (tertiary/aromatic N) is 3. The molecule has 0 atom stereocenters. The second-order valence-corrected chi connectivity index (χ2v) is 6.32. The summed E-state index contributed by atoms with van der Waals surface area (Å²) in [4.78, 5) is 8.45. The van der Waals surface area contributed by atoms with Gasteiger partial charge in [-0.15, -0.1) is 0 Å². The van der Waals surface area contributed by atoms with Gasteiger partial charge in [-0.3, -0.25) is 4.98 Å². The molecule has 4 aromatic rings. The Balaban J connectivity index is 1.95. The monoisotopic (exact) mass is 379 g/mol. The Morgan fingerprint density at radius 3 is 2.32 bits per heavy atom. The van der Waals surface area contributed by atoms with E-state index in [0.717, 1.165) is 6.07 Å². The molecular formula is C22H16F3N3. The van der Waals surface area contributed by atoms with Crippen LogP contribution in [0.15, 0.2) is 85.6 Å². The number of pyridine rings is 1. The fourth-order valence-electron chi connectivity index (χ4n) is 3.29. The highest BCUT2D eigenvalue weighted by Gasteiger charge is 2.35. The molecule has 0 amide bonds. The SMILES string of the molecule is FC(F)(F)c1cccc(-c2cccnc2Cn2ccnc2)c1-c1ccccc1. The molecule has 0 aliphatic rings. The highest BCUT2D eigenvalue weighted by molar-refractivity contribution is 5.87. The first-order chi connectivity index (χ1) is 13.5. The smallest absolute Gasteiger partial charge is 0.331 e. The van der Waals surface area contributed by atoms with Crippen LogP contribution in [0, 0.1) is 0 Å². The van der Waals surface area contributed by atoms with Crippen molar-refractivity contribution in [3.8, 4) is 22.3 Å². The van der Waals surface area contributed by atoms with E-state index in [-0.39, 0.29) is 5.56 Å². The summed E-state index contributed by atoms with van der Waals surface area (Å²) in [5, 5.41) is 0. The lowest BCUT2D eigenvalue weighted by Gasteiger charge is -2.19. The van der Waals surface area contributed by atoms with E-state index in [1.807, 2.05) is 4.57 Å². The molecule has 0 fully saturated rings. The zero-order valence-electron chi connectivity index (χ0n) is 14.8. The van der Waals surface area contributed by atoms with Crippen LogP contribution in [0.2, 0.25) is 0 Å². The first-order valence-corrected chi connectivity index (χ1v) is 8.69. The van der Waals surface area contributed by atoms with Gasteiger partial charge in [0.05, 0.1) is 24.1 Å². The summed E-state index contributed by atoms with van der Waals surface area (Å²) >= 11 is 0. The normalized spacial score (nSPS) is 11.5. The number of hydrogen-bond acceptors (Lipinski definition) is 2. The van der Waals surface area contributed by atoms with E-state index in [2.05, 4.69) is 9.97 Å². The molecule has 0 spiro atoms. The maximum Gasteiger partial charge on any atom is 0.417 e. The number of aromatic nitrogens is 3. The van der Waals surface area contributed by atoms with Crippen molar-refractivity contribution in [2.24, 2.45) is 0 Å². The molecule has 4 rings (SSSR count). The van der Waals surface area contributed by atoms with Gasteiger partial charge in [-0.1, -0.05) is 48.5 Å². The van der Waals surface area contributed by atoms with E-state index in [0.29, 0.717) is 28.9 Å². The molecule has 2 heterocycles. The van der Waals surface area contributed by atoms with Crippen molar-refractivity contribution in [3.05, 3.63) is 96.8 Å². The van der Waals surface area contributed by atoms with Crippen LogP contribution in [0.1, 0.15) is 11.3 Å². The van der Waals surface area contributed by atoms with Gasteiger partial charge in [0.15, 0.2) is 0 Å². The molecule has 0 aliphatic heterocycles. The second-order valence-electron chi connectivity index (χ2n) is 6.32. The van der Waals surface area contributed by atoms with Gasteiger partial charge in [-0.05, 0) is 23.3 Å². The van der Waals surface area contributed by atoms with Gasteiger partial charge in [0.1, 0.15) is 0 Å². The summed E-state index contributed by atoms with van der Waals surface area (Å²) in [6, 6.07) is 16.5. The van der Waals surface area contributed by atoms with E-state index in [1.54, 1.807) is 73.4 Å². The standard InChI is InChI=1S/C22H16F3N3/c23-22(24,25)19-10-4-8-18(21(19)16-6-2-1-3-7-16)17-9-5-11-27-20(17)14-28-13-12-26-15-28/h1-13,15H,14H2. The Hall–Kier alpha value is -3.41. The fraction of sp³-hybridized carbons (Fsp3) is 0.0909. The highest BCUT2D eigenvalue weighted by atomic mass is 19.4. The van der Waals surface area contributed by atoms with Crippen LogP contribution >= 0.6 is 0 Å². The van der Waals surface area contributed by atoms with E-state index in [9.17, 15) is 13.2 Å². The predicted octanol–water partition coefficient (Wildman–Crippen LogP) is 5.68. The minimum atomic E-state index is -4.46. The minimum Gasteiger partial charge on any atom is -0.331 e. The van der Waals surface area contributed by atoms with Crippen molar-refractivity contribution in [2.75, 3.05) is 0 Å². The number of alkyl halides is 3. The van der Waals surface area contributed by atoms with Gasteiger partial charge in [-0.2, -0.15) is 13.2 Å². The molecule has 2 aromatic carbocycles. The second kappa shape index (κ2) is 7.31. The van der Waals surface area contributed by atoms with Crippen LogP contribution in [-0.2, 0) is 12.7 Å². The highest BCUT2D eigenvalue weighted by Crippen LogP contribution is 2.43. The molecule has 0 aliphatic carbocycles. The number of halogens is 3. The van der Waals surface area contributed by atoms with Gasteiger partial charge in [0, 0.05) is 29.7 Å². The Labute approximate surface area is 160 Å². The van der Waals surface area contributed by atoms with E-state index in [4.69, 9.17) is 0 Å². The molecule has 6 heteroatoms. The maximum absolute atomic E-state index is 13.8. The van der Waals surface area contributed by atoms with Crippen molar-refractivity contribution in [2.45, 2.75) is 12.7 Å². The van der Waals surface area contributed by atoms with Crippen LogP contribution in [-0.4, -0.2) is 14.5 Å². The maximum atomic E-state index is 13.8. The summed E-state index contributed by atoms with van der Waals surface area (Å²) in [5.41, 5.74) is 1.87. The number of imidazole rings is 1. The van der Waals surface area contributed by atoms with Crippen molar-refractivity contribution in [1.82, 2.24) is 14.5 Å². The van der Waals surface area contributed by atoms with Crippen LogP contribution < -0.4 is 0 Å². The first kappa shape index (κ1) is 18.0. The third kappa shape index (κ3) is 3.53. The average molecular weight is 379 g/mol. The lowest BCUT2D eigenvalue weighted by atomic mass is 9.89. The Morgan fingerprint density at radius 2 is 1.61 bits per heavy atom. The first-order valence-electron chi connectivity index (χ1n) is 8.69. The van der Waals surface area contributed by atoms with Gasteiger partial charge < -0.3 is 4.57 Å². The molecule has 0 radical (unpaired) electrons. The lowest BCUT2D eigenvalue weighted by molar-refractivity contribution is -0.137. The summed E-state index contributed by atoms with van der Waals surface area (Å²) in [7, 11) is 0. The summed E-state index contributed by atoms with van der Waals surface area (Å²) in [6.07, 6.45) is 2.28. The fourth-order valence-corrected chi connectivity index (χ4v) is 3.29. The molecular weight excluding hydrogens is 363 g/mol. The van der Waals surface area contributed by atoms with E-state index >= 15 is 0 Å². The average Bonchev–Trinajstić information content (AvgIpc) is 3.21. The van der Waals surface area contributed by atoms with Gasteiger partial charge in [0.25, 0.3) is 0 Å². The Kier molecular flexibility index (Phi) is 4.69. The zero-order chi connectivity index (χ0) is 19.6. The molecule has 3 nitrogen and oxygen atoms in total. The van der Waals surface area contributed by atoms with Crippen molar-refractivity contribution >= 4 is 0 Å². The van der Waals surface area contributed by atoms with Crippen LogP contribution in [0.4, 0.5) is 13.2 Å². The Bertz CT molecular complexity index is 1070. The third-order valence-electron chi connectivity index (χ3n) is 4.50. The van der Waals surface area contributed by atoms with E-state index < -0.39 is 11.7 Å². The molecule has 140 valence electrons.